The Balaban J connectivity index is 1.46. The molecule has 0 aliphatic carbocycles. The predicted molar refractivity (Wildman–Crippen MR) is 112 cm³/mol. The molecule has 140 valence electrons. The quantitative estimate of drug-likeness (QED) is 0.687. The minimum Gasteiger partial charge on any atom is -0.383 e. The molecule has 1 aromatic heterocycles. The molecule has 1 aliphatic heterocycles. The number of nitrogens with one attached hydrogen (secondary N) is 2. The van der Waals surface area contributed by atoms with E-state index < -0.39 is 0 Å². The van der Waals surface area contributed by atoms with Gasteiger partial charge in [-0.25, -0.2) is 0 Å². The lowest BCUT2D eigenvalue weighted by Crippen LogP contribution is -2.37. The number of benzene rings is 2. The second kappa shape index (κ2) is 8.69. The molecule has 2 aromatic carbocycles. The van der Waals surface area contributed by atoms with Gasteiger partial charge in [-0.3, -0.25) is 4.98 Å². The maximum Gasteiger partial charge on any atom is 0.0991 e. The summed E-state index contributed by atoms with van der Waals surface area (Å²) in [6.45, 7) is 1.82. The highest BCUT2D eigenvalue weighted by molar-refractivity contribution is 5.50. The zero-order valence-corrected chi connectivity index (χ0v) is 15.8. The molecule has 2 N–H and O–H groups in total. The number of hydrogen-bond acceptors (Lipinski definition) is 4. The highest BCUT2D eigenvalue weighted by atomic mass is 15.0. The second-order valence-corrected chi connectivity index (χ2v) is 7.24. The molecule has 0 spiro atoms. The fourth-order valence-electron chi connectivity index (χ4n) is 3.89. The molecule has 0 fully saturated rings. The number of rotatable bonds is 6. The van der Waals surface area contributed by atoms with Gasteiger partial charge in [0.15, 0.2) is 0 Å². The molecule has 0 unspecified atom stereocenters. The molecular formula is C24H24N4. The van der Waals surface area contributed by atoms with Crippen molar-refractivity contribution in [2.75, 3.05) is 18.4 Å². The van der Waals surface area contributed by atoms with Gasteiger partial charge in [-0.2, -0.15) is 5.26 Å². The SMILES string of the molecule is N#Cc1ccc(CCN[C@H](c2ccccc2)[C@H]2CNc3cccnc3C2)cc1. The van der Waals surface area contributed by atoms with E-state index in [0.717, 1.165) is 37.3 Å². The van der Waals surface area contributed by atoms with E-state index in [9.17, 15) is 0 Å². The van der Waals surface area contributed by atoms with Gasteiger partial charge in [0.1, 0.15) is 0 Å². The average Bonchev–Trinajstić information content (AvgIpc) is 2.77. The number of aromatic nitrogens is 1. The van der Waals surface area contributed by atoms with Crippen LogP contribution in [0, 0.1) is 17.2 Å². The summed E-state index contributed by atoms with van der Waals surface area (Å²) < 4.78 is 0. The van der Waals surface area contributed by atoms with Crippen molar-refractivity contribution in [3.8, 4) is 6.07 Å². The van der Waals surface area contributed by atoms with Gasteiger partial charge in [-0.1, -0.05) is 42.5 Å². The lowest BCUT2D eigenvalue weighted by Gasteiger charge is -2.33. The second-order valence-electron chi connectivity index (χ2n) is 7.24. The molecule has 0 amide bonds. The summed E-state index contributed by atoms with van der Waals surface area (Å²) in [5.74, 6) is 0.436. The molecular weight excluding hydrogens is 344 g/mol. The highest BCUT2D eigenvalue weighted by Crippen LogP contribution is 2.31. The topological polar surface area (TPSA) is 60.7 Å². The van der Waals surface area contributed by atoms with Crippen LogP contribution < -0.4 is 10.6 Å². The van der Waals surface area contributed by atoms with E-state index in [1.54, 1.807) is 0 Å². The summed E-state index contributed by atoms with van der Waals surface area (Å²) in [6, 6.07) is 25.1. The molecule has 4 heteroatoms. The van der Waals surface area contributed by atoms with Gasteiger partial charge < -0.3 is 10.6 Å². The van der Waals surface area contributed by atoms with Crippen LogP contribution in [0.2, 0.25) is 0 Å². The van der Waals surface area contributed by atoms with Gasteiger partial charge in [0.25, 0.3) is 0 Å². The molecule has 3 aromatic rings. The predicted octanol–water partition coefficient (Wildman–Crippen LogP) is 4.11. The van der Waals surface area contributed by atoms with E-state index in [2.05, 4.69) is 58.1 Å². The molecule has 0 saturated heterocycles. The first-order valence-electron chi connectivity index (χ1n) is 9.78. The summed E-state index contributed by atoms with van der Waals surface area (Å²) in [7, 11) is 0. The number of pyridine rings is 1. The normalized spacial score (nSPS) is 16.5. The molecule has 0 radical (unpaired) electrons. The van der Waals surface area contributed by atoms with Crippen LogP contribution >= 0.6 is 0 Å². The van der Waals surface area contributed by atoms with Gasteiger partial charge in [0.2, 0.25) is 0 Å². The Morgan fingerprint density at radius 1 is 1.07 bits per heavy atom. The summed E-state index contributed by atoms with van der Waals surface area (Å²) >= 11 is 0. The van der Waals surface area contributed by atoms with Crippen molar-refractivity contribution >= 4 is 5.69 Å². The van der Waals surface area contributed by atoms with Gasteiger partial charge in [0.05, 0.1) is 23.0 Å². The Hall–Kier alpha value is -3.16. The van der Waals surface area contributed by atoms with Crippen LogP contribution in [0.25, 0.3) is 0 Å². The van der Waals surface area contributed by atoms with E-state index in [0.29, 0.717) is 11.5 Å². The first-order valence-corrected chi connectivity index (χ1v) is 9.78. The van der Waals surface area contributed by atoms with Gasteiger partial charge in [-0.05, 0) is 54.8 Å². The summed E-state index contributed by atoms with van der Waals surface area (Å²) in [5, 5.41) is 16.3. The van der Waals surface area contributed by atoms with Crippen LogP contribution in [0.3, 0.4) is 0 Å². The molecule has 4 rings (SSSR count). The third-order valence-electron chi connectivity index (χ3n) is 5.39. The number of fused-ring (bicyclic) bond motifs is 1. The Bertz CT molecular complexity index is 944. The van der Waals surface area contributed by atoms with Crippen LogP contribution in [0.1, 0.15) is 28.4 Å². The van der Waals surface area contributed by atoms with Crippen molar-refractivity contribution in [1.82, 2.24) is 10.3 Å². The molecule has 0 saturated carbocycles. The molecule has 28 heavy (non-hydrogen) atoms. The minimum atomic E-state index is 0.266. The number of hydrogen-bond donors (Lipinski definition) is 2. The van der Waals surface area contributed by atoms with E-state index in [4.69, 9.17) is 5.26 Å². The third kappa shape index (κ3) is 4.21. The van der Waals surface area contributed by atoms with E-state index in [-0.39, 0.29) is 6.04 Å². The highest BCUT2D eigenvalue weighted by Gasteiger charge is 2.27. The zero-order chi connectivity index (χ0) is 19.2. The van der Waals surface area contributed by atoms with E-state index >= 15 is 0 Å². The van der Waals surface area contributed by atoms with Crippen molar-refractivity contribution in [2.24, 2.45) is 5.92 Å². The lowest BCUT2D eigenvalue weighted by atomic mass is 9.86. The van der Waals surface area contributed by atoms with Crippen molar-refractivity contribution in [1.29, 1.82) is 5.26 Å². The van der Waals surface area contributed by atoms with Gasteiger partial charge in [0, 0.05) is 24.7 Å². The Kier molecular flexibility index (Phi) is 5.65. The molecule has 2 atom stereocenters. The average molecular weight is 368 g/mol. The van der Waals surface area contributed by atoms with Gasteiger partial charge >= 0.3 is 0 Å². The van der Waals surface area contributed by atoms with Crippen molar-refractivity contribution < 1.29 is 0 Å². The van der Waals surface area contributed by atoms with Crippen LogP contribution in [-0.2, 0) is 12.8 Å². The van der Waals surface area contributed by atoms with E-state index in [1.165, 1.54) is 11.1 Å². The van der Waals surface area contributed by atoms with Crippen molar-refractivity contribution in [2.45, 2.75) is 18.9 Å². The Morgan fingerprint density at radius 3 is 2.68 bits per heavy atom. The van der Waals surface area contributed by atoms with Gasteiger partial charge in [-0.15, -0.1) is 0 Å². The fourth-order valence-corrected chi connectivity index (χ4v) is 3.89. The fraction of sp³-hybridized carbons (Fsp3) is 0.250. The molecule has 2 heterocycles. The minimum absolute atomic E-state index is 0.266. The first kappa shape index (κ1) is 18.2. The molecule has 0 bridgehead atoms. The van der Waals surface area contributed by atoms with Crippen molar-refractivity contribution in [3.05, 3.63) is 95.3 Å². The monoisotopic (exact) mass is 368 g/mol. The van der Waals surface area contributed by atoms with E-state index in [1.807, 2.05) is 36.5 Å². The maximum absolute atomic E-state index is 8.94. The Labute approximate surface area is 166 Å². The first-order chi connectivity index (χ1) is 13.8. The largest absolute Gasteiger partial charge is 0.383 e. The van der Waals surface area contributed by atoms with Crippen LogP contribution in [0.4, 0.5) is 5.69 Å². The standard InChI is InChI=1S/C24H24N4/c25-16-19-10-8-18(9-11-19)12-14-27-24(20-5-2-1-3-6-20)21-15-23-22(28-17-21)7-4-13-26-23/h1-11,13,21,24,27-28H,12,14-15,17H2/t21-,24-/m1/s1. The smallest absolute Gasteiger partial charge is 0.0991 e. The van der Waals surface area contributed by atoms with Crippen LogP contribution in [-0.4, -0.2) is 18.1 Å². The number of anilines is 1. The summed E-state index contributed by atoms with van der Waals surface area (Å²) in [5.41, 5.74) is 5.57. The third-order valence-corrected chi connectivity index (χ3v) is 5.39. The van der Waals surface area contributed by atoms with Crippen LogP contribution in [0.5, 0.6) is 0 Å². The van der Waals surface area contributed by atoms with Crippen molar-refractivity contribution in [3.63, 3.8) is 0 Å². The summed E-state index contributed by atoms with van der Waals surface area (Å²) in [4.78, 5) is 4.57. The molecule has 1 aliphatic rings. The number of nitrogens with zero attached hydrogens (tertiary/aromatic N) is 2. The summed E-state index contributed by atoms with van der Waals surface area (Å²) in [6.07, 6.45) is 3.77. The molecule has 4 nitrogen and oxygen atoms in total. The Morgan fingerprint density at radius 2 is 1.89 bits per heavy atom. The lowest BCUT2D eigenvalue weighted by molar-refractivity contribution is 0.365. The number of nitriles is 1. The zero-order valence-electron chi connectivity index (χ0n) is 15.8. The maximum atomic E-state index is 8.94. The van der Waals surface area contributed by atoms with Crippen LogP contribution in [0.15, 0.2) is 72.9 Å².